The largest absolute Gasteiger partial charge is 0.507 e. The number of rotatable bonds is 5. The van der Waals surface area contributed by atoms with E-state index >= 15 is 0 Å². The smallest absolute Gasteiger partial charge is 0.124 e. The lowest BCUT2D eigenvalue weighted by molar-refractivity contribution is 0.281. The number of aromatic hydroxyl groups is 1. The van der Waals surface area contributed by atoms with Gasteiger partial charge in [0.1, 0.15) is 11.6 Å². The molecule has 0 aliphatic carbocycles. The number of likely N-dealkylation sites (N-methyl/N-ethyl adjacent to an activating group) is 1. The van der Waals surface area contributed by atoms with Gasteiger partial charge in [-0.3, -0.25) is 0 Å². The molecule has 0 bridgehead atoms. The Balaban J connectivity index is 2.26. The van der Waals surface area contributed by atoms with Gasteiger partial charge in [0.2, 0.25) is 0 Å². The highest BCUT2D eigenvalue weighted by Crippen LogP contribution is 2.23. The average molecular weight is 303 g/mol. The monoisotopic (exact) mass is 303 g/mol. The van der Waals surface area contributed by atoms with Crippen LogP contribution in [-0.4, -0.2) is 55.2 Å². The van der Waals surface area contributed by atoms with Crippen molar-refractivity contribution in [3.63, 3.8) is 0 Å². The van der Waals surface area contributed by atoms with Crippen molar-refractivity contribution in [1.82, 2.24) is 15.1 Å². The highest BCUT2D eigenvalue weighted by atomic mass is 16.3. The molecule has 0 fully saturated rings. The third-order valence-electron chi connectivity index (χ3n) is 3.64. The number of hydrogen-bond acceptors (Lipinski definition) is 6. The third-order valence-corrected chi connectivity index (χ3v) is 3.64. The standard InChI is InChI=1S/C16H25N5O/c1-20(2)9-10-21-8-7-19-16(18)14(21)11-13(17)12-5-3-4-6-15(12)22/h3-6,11,19,22H,7-10,17-18H2,1-2H3/b13-11-. The number of benzene rings is 1. The van der Waals surface area contributed by atoms with E-state index in [1.165, 1.54) is 0 Å². The Morgan fingerprint density at radius 1 is 1.41 bits per heavy atom. The Morgan fingerprint density at radius 3 is 2.82 bits per heavy atom. The molecule has 0 unspecified atom stereocenters. The lowest BCUT2D eigenvalue weighted by Crippen LogP contribution is -2.43. The van der Waals surface area contributed by atoms with Crippen LogP contribution < -0.4 is 16.8 Å². The maximum atomic E-state index is 9.91. The van der Waals surface area contributed by atoms with Crippen molar-refractivity contribution in [2.75, 3.05) is 40.3 Å². The van der Waals surface area contributed by atoms with Crippen molar-refractivity contribution < 1.29 is 5.11 Å². The Hall–Kier alpha value is -2.34. The van der Waals surface area contributed by atoms with E-state index in [2.05, 4.69) is 15.1 Å². The molecule has 6 N–H and O–H groups in total. The quantitative estimate of drug-likeness (QED) is 0.625. The van der Waals surface area contributed by atoms with Gasteiger partial charge in [-0.25, -0.2) is 0 Å². The first kappa shape index (κ1) is 16.0. The molecule has 1 aliphatic heterocycles. The zero-order chi connectivity index (χ0) is 16.1. The van der Waals surface area contributed by atoms with Crippen LogP contribution in [-0.2, 0) is 0 Å². The zero-order valence-corrected chi connectivity index (χ0v) is 13.2. The first-order valence-corrected chi connectivity index (χ1v) is 7.38. The van der Waals surface area contributed by atoms with E-state index in [1.54, 1.807) is 18.2 Å². The summed E-state index contributed by atoms with van der Waals surface area (Å²) in [5, 5.41) is 13.1. The van der Waals surface area contributed by atoms with Gasteiger partial charge in [-0.2, -0.15) is 0 Å². The van der Waals surface area contributed by atoms with Crippen LogP contribution in [0, 0.1) is 0 Å². The fraction of sp³-hybridized carbons (Fsp3) is 0.375. The molecule has 120 valence electrons. The number of nitrogens with one attached hydrogen (secondary N) is 1. The lowest BCUT2D eigenvalue weighted by atomic mass is 10.1. The summed E-state index contributed by atoms with van der Waals surface area (Å²) in [7, 11) is 4.09. The Kier molecular flexibility index (Phi) is 5.16. The summed E-state index contributed by atoms with van der Waals surface area (Å²) < 4.78 is 0. The van der Waals surface area contributed by atoms with Crippen LogP contribution in [0.15, 0.2) is 41.9 Å². The molecule has 0 atom stereocenters. The van der Waals surface area contributed by atoms with E-state index < -0.39 is 0 Å². The van der Waals surface area contributed by atoms with Gasteiger partial charge in [-0.1, -0.05) is 12.1 Å². The maximum Gasteiger partial charge on any atom is 0.124 e. The summed E-state index contributed by atoms with van der Waals surface area (Å²) in [6, 6.07) is 7.02. The molecule has 2 rings (SSSR count). The van der Waals surface area contributed by atoms with Crippen LogP contribution in [0.25, 0.3) is 5.70 Å². The van der Waals surface area contributed by atoms with Gasteiger partial charge in [0.25, 0.3) is 0 Å². The molecule has 0 amide bonds. The Labute approximate surface area is 131 Å². The van der Waals surface area contributed by atoms with Crippen molar-refractivity contribution >= 4 is 5.70 Å². The van der Waals surface area contributed by atoms with Gasteiger partial charge in [0, 0.05) is 37.4 Å². The minimum absolute atomic E-state index is 0.166. The predicted molar refractivity (Wildman–Crippen MR) is 89.6 cm³/mol. The molecule has 1 aromatic rings. The summed E-state index contributed by atoms with van der Waals surface area (Å²) in [5.74, 6) is 0.780. The van der Waals surface area contributed by atoms with Gasteiger partial charge in [0.15, 0.2) is 0 Å². The molecule has 6 nitrogen and oxygen atoms in total. The Bertz CT molecular complexity index is 580. The minimum atomic E-state index is 0.166. The molecule has 0 radical (unpaired) electrons. The van der Waals surface area contributed by atoms with Crippen molar-refractivity contribution in [3.8, 4) is 5.75 Å². The normalized spacial score (nSPS) is 16.1. The lowest BCUT2D eigenvalue weighted by Gasteiger charge is -2.33. The van der Waals surface area contributed by atoms with Crippen LogP contribution in [0.1, 0.15) is 5.56 Å². The van der Waals surface area contributed by atoms with Crippen molar-refractivity contribution in [2.24, 2.45) is 11.5 Å². The summed E-state index contributed by atoms with van der Waals surface area (Å²) >= 11 is 0. The number of nitrogens with zero attached hydrogens (tertiary/aromatic N) is 2. The molecule has 0 saturated carbocycles. The molecular weight excluding hydrogens is 278 g/mol. The van der Waals surface area contributed by atoms with Gasteiger partial charge >= 0.3 is 0 Å². The fourth-order valence-corrected chi connectivity index (χ4v) is 2.37. The molecule has 0 aromatic heterocycles. The fourth-order valence-electron chi connectivity index (χ4n) is 2.37. The second-order valence-corrected chi connectivity index (χ2v) is 5.63. The Morgan fingerprint density at radius 2 is 2.14 bits per heavy atom. The predicted octanol–water partition coefficient (Wildman–Crippen LogP) is 0.286. The number of phenols is 1. The van der Waals surface area contributed by atoms with E-state index in [-0.39, 0.29) is 5.75 Å². The van der Waals surface area contributed by atoms with Crippen molar-refractivity contribution in [1.29, 1.82) is 0 Å². The van der Waals surface area contributed by atoms with Gasteiger partial charge in [-0.05, 0) is 32.3 Å². The van der Waals surface area contributed by atoms with Gasteiger partial charge < -0.3 is 31.7 Å². The summed E-state index contributed by atoms with van der Waals surface area (Å²) in [6.07, 6.45) is 1.83. The van der Waals surface area contributed by atoms with Crippen molar-refractivity contribution in [2.45, 2.75) is 0 Å². The maximum absolute atomic E-state index is 9.91. The minimum Gasteiger partial charge on any atom is -0.507 e. The molecule has 22 heavy (non-hydrogen) atoms. The van der Waals surface area contributed by atoms with E-state index in [0.29, 0.717) is 17.1 Å². The van der Waals surface area contributed by atoms with Crippen LogP contribution in [0.2, 0.25) is 0 Å². The van der Waals surface area contributed by atoms with Crippen LogP contribution in [0.4, 0.5) is 0 Å². The summed E-state index contributed by atoms with van der Waals surface area (Å²) in [5.41, 5.74) is 14.2. The number of phenolic OH excluding ortho intramolecular Hbond substituents is 1. The van der Waals surface area contributed by atoms with Gasteiger partial charge in [-0.15, -0.1) is 0 Å². The van der Waals surface area contributed by atoms with Crippen LogP contribution >= 0.6 is 0 Å². The highest BCUT2D eigenvalue weighted by Gasteiger charge is 2.17. The molecule has 1 heterocycles. The van der Waals surface area contributed by atoms with Crippen LogP contribution in [0.5, 0.6) is 5.75 Å². The molecule has 1 aliphatic rings. The first-order chi connectivity index (χ1) is 10.5. The SMILES string of the molecule is CN(C)CCN1CCNC(N)=C1/C=C(\N)c1ccccc1O. The molecule has 0 saturated heterocycles. The van der Waals surface area contributed by atoms with E-state index in [4.69, 9.17) is 11.5 Å². The molecule has 1 aromatic carbocycles. The van der Waals surface area contributed by atoms with E-state index in [0.717, 1.165) is 31.9 Å². The average Bonchev–Trinajstić information content (AvgIpc) is 2.48. The topological polar surface area (TPSA) is 90.8 Å². The second-order valence-electron chi connectivity index (χ2n) is 5.63. The number of para-hydroxylation sites is 1. The summed E-state index contributed by atoms with van der Waals surface area (Å²) in [4.78, 5) is 4.34. The highest BCUT2D eigenvalue weighted by molar-refractivity contribution is 5.70. The number of allylic oxidation sites excluding steroid dienone is 1. The number of nitrogens with two attached hydrogens (primary N) is 2. The summed E-state index contributed by atoms with van der Waals surface area (Å²) in [6.45, 7) is 3.48. The molecule has 6 heteroatoms. The van der Waals surface area contributed by atoms with Crippen molar-refractivity contribution in [3.05, 3.63) is 47.4 Å². The van der Waals surface area contributed by atoms with Crippen LogP contribution in [0.3, 0.4) is 0 Å². The van der Waals surface area contributed by atoms with Gasteiger partial charge in [0.05, 0.1) is 5.70 Å². The van der Waals surface area contributed by atoms with E-state index in [1.807, 2.05) is 26.2 Å². The molecule has 0 spiro atoms. The second kappa shape index (κ2) is 7.09. The first-order valence-electron chi connectivity index (χ1n) is 7.38. The molecular formula is C16H25N5O. The van der Waals surface area contributed by atoms with E-state index in [9.17, 15) is 5.11 Å². The zero-order valence-electron chi connectivity index (χ0n) is 13.2. The number of hydrogen-bond donors (Lipinski definition) is 4. The third kappa shape index (κ3) is 3.85.